The van der Waals surface area contributed by atoms with Gasteiger partial charge in [0.1, 0.15) is 0 Å². The Morgan fingerprint density at radius 3 is 2.35 bits per heavy atom. The zero-order valence-corrected chi connectivity index (χ0v) is 18.1. The van der Waals surface area contributed by atoms with Gasteiger partial charge in [0.05, 0.1) is 5.69 Å². The molecule has 158 valence electrons. The van der Waals surface area contributed by atoms with Crippen LogP contribution >= 0.6 is 0 Å². The number of fused-ring (bicyclic) bond motifs is 1. The summed E-state index contributed by atoms with van der Waals surface area (Å²) in [6.07, 6.45) is 2.38. The molecule has 0 fully saturated rings. The van der Waals surface area contributed by atoms with E-state index in [1.807, 2.05) is 30.3 Å². The zero-order valence-electron chi connectivity index (χ0n) is 17.3. The first-order valence-corrected chi connectivity index (χ1v) is 11.8. The van der Waals surface area contributed by atoms with Crippen LogP contribution in [0.4, 0.5) is 5.69 Å². The van der Waals surface area contributed by atoms with E-state index in [1.54, 1.807) is 0 Å². The number of hydrogen-bond acceptors (Lipinski definition) is 4. The number of benzene rings is 3. The number of nitrogens with one attached hydrogen (secondary N) is 2. The van der Waals surface area contributed by atoms with Gasteiger partial charge in [-0.1, -0.05) is 67.6 Å². The van der Waals surface area contributed by atoms with E-state index < -0.39 is 10.0 Å². The Kier molecular flexibility index (Phi) is 6.04. The van der Waals surface area contributed by atoms with Crippen molar-refractivity contribution in [3.8, 4) is 0 Å². The van der Waals surface area contributed by atoms with Crippen molar-refractivity contribution < 1.29 is 8.42 Å². The van der Waals surface area contributed by atoms with Crippen molar-refractivity contribution in [2.45, 2.75) is 19.9 Å². The molecular weight excluding hydrogens is 406 g/mol. The second kappa shape index (κ2) is 8.89. The largest absolute Gasteiger partial charge is 0.321 e. The van der Waals surface area contributed by atoms with Crippen LogP contribution in [0.3, 0.4) is 0 Å². The van der Waals surface area contributed by atoms with E-state index in [0.717, 1.165) is 40.8 Å². The van der Waals surface area contributed by atoms with Crippen LogP contribution in [0, 0.1) is 0 Å². The van der Waals surface area contributed by atoms with Gasteiger partial charge in [0.25, 0.3) is 0 Å². The van der Waals surface area contributed by atoms with E-state index in [4.69, 9.17) is 5.14 Å². The summed E-state index contributed by atoms with van der Waals surface area (Å²) >= 11 is 0. The van der Waals surface area contributed by atoms with Crippen molar-refractivity contribution in [1.82, 2.24) is 5.43 Å². The molecule has 0 bridgehead atoms. The zero-order chi connectivity index (χ0) is 21.8. The average Bonchev–Trinajstić information content (AvgIpc) is 3.24. The Labute approximate surface area is 183 Å². The second-order valence-corrected chi connectivity index (χ2v) is 8.89. The molecule has 0 saturated carbocycles. The molecule has 1 aliphatic heterocycles. The highest BCUT2D eigenvalue weighted by molar-refractivity contribution is 7.92. The van der Waals surface area contributed by atoms with Crippen LogP contribution in [-0.2, 0) is 16.6 Å². The predicted octanol–water partition coefficient (Wildman–Crippen LogP) is 4.75. The Morgan fingerprint density at radius 2 is 1.68 bits per heavy atom. The van der Waals surface area contributed by atoms with Crippen molar-refractivity contribution in [2.75, 3.05) is 5.43 Å². The lowest BCUT2D eigenvalue weighted by molar-refractivity contribution is 0.606. The molecule has 0 spiro atoms. The molecule has 4 N–H and O–H groups in total. The first-order valence-electron chi connectivity index (χ1n) is 10.2. The van der Waals surface area contributed by atoms with E-state index in [0.29, 0.717) is 0 Å². The molecule has 3 aromatic rings. The first kappa shape index (κ1) is 21.1. The lowest BCUT2D eigenvalue weighted by Gasteiger charge is -2.17. The molecule has 0 atom stereocenters. The Hall–Kier alpha value is -3.19. The summed E-state index contributed by atoms with van der Waals surface area (Å²) in [5.74, 6) is 0. The summed E-state index contributed by atoms with van der Waals surface area (Å²) in [5, 5.41) is 6.09. The highest BCUT2D eigenvalue weighted by Crippen LogP contribution is 2.36. The van der Waals surface area contributed by atoms with Gasteiger partial charge in [-0.15, -0.1) is 0 Å². The highest BCUT2D eigenvalue weighted by Gasteiger charge is 2.16. The van der Waals surface area contributed by atoms with Crippen molar-refractivity contribution in [2.24, 2.45) is 5.14 Å². The third-order valence-electron chi connectivity index (χ3n) is 5.32. The third kappa shape index (κ3) is 4.94. The van der Waals surface area contributed by atoms with Crippen LogP contribution in [0.5, 0.6) is 0 Å². The summed E-state index contributed by atoms with van der Waals surface area (Å²) in [4.78, 5) is 0. The molecule has 0 amide bonds. The maximum Gasteiger partial charge on any atom is 0.231 e. The highest BCUT2D eigenvalue weighted by atomic mass is 32.2. The summed E-state index contributed by atoms with van der Waals surface area (Å²) in [6, 6.07) is 24.8. The second-order valence-electron chi connectivity index (χ2n) is 7.44. The third-order valence-corrected chi connectivity index (χ3v) is 5.84. The Bertz CT molecular complexity index is 1250. The minimum absolute atomic E-state index is 0.775. The quantitative estimate of drug-likeness (QED) is 0.492. The van der Waals surface area contributed by atoms with Crippen LogP contribution in [0.2, 0.25) is 0 Å². The van der Waals surface area contributed by atoms with E-state index in [2.05, 4.69) is 60.2 Å². The molecular formula is C25H25N3O2S. The van der Waals surface area contributed by atoms with Crippen molar-refractivity contribution in [3.05, 3.63) is 106 Å². The van der Waals surface area contributed by atoms with Crippen molar-refractivity contribution in [1.29, 1.82) is 0 Å². The lowest BCUT2D eigenvalue weighted by atomic mass is 9.87. The monoisotopic (exact) mass is 431 g/mol. The van der Waals surface area contributed by atoms with E-state index >= 15 is 0 Å². The van der Waals surface area contributed by atoms with Gasteiger partial charge in [0.15, 0.2) is 0 Å². The first-order chi connectivity index (χ1) is 14.9. The van der Waals surface area contributed by atoms with Crippen LogP contribution in [0.1, 0.15) is 41.2 Å². The van der Waals surface area contributed by atoms with Crippen LogP contribution in [0.25, 0.3) is 17.2 Å². The lowest BCUT2D eigenvalue weighted by Crippen LogP contribution is -2.10. The number of anilines is 1. The minimum atomic E-state index is -3.65. The van der Waals surface area contributed by atoms with Gasteiger partial charge in [-0.2, -0.15) is 0 Å². The fourth-order valence-electron chi connectivity index (χ4n) is 3.87. The topological polar surface area (TPSA) is 84.2 Å². The Morgan fingerprint density at radius 1 is 0.968 bits per heavy atom. The van der Waals surface area contributed by atoms with E-state index in [9.17, 15) is 8.42 Å². The fraction of sp³-hybridized carbons (Fsp3) is 0.120. The maximum absolute atomic E-state index is 11.2. The molecule has 3 aromatic carbocycles. The van der Waals surface area contributed by atoms with Gasteiger partial charge in [-0.25, -0.2) is 19.0 Å². The molecule has 31 heavy (non-hydrogen) atoms. The van der Waals surface area contributed by atoms with Gasteiger partial charge < -0.3 is 5.43 Å². The average molecular weight is 432 g/mol. The predicted molar refractivity (Wildman–Crippen MR) is 128 cm³/mol. The minimum Gasteiger partial charge on any atom is -0.321 e. The molecule has 0 unspecified atom stereocenters. The van der Waals surface area contributed by atoms with Crippen molar-refractivity contribution >= 4 is 32.9 Å². The smallest absolute Gasteiger partial charge is 0.231 e. The number of primary sulfonamides is 1. The number of hydrogen-bond donors (Lipinski definition) is 3. The normalized spacial score (nSPS) is 14.3. The molecule has 6 heteroatoms. The van der Waals surface area contributed by atoms with E-state index in [-0.39, 0.29) is 0 Å². The molecule has 0 aromatic heterocycles. The van der Waals surface area contributed by atoms with Crippen LogP contribution in [0.15, 0.2) is 78.2 Å². The van der Waals surface area contributed by atoms with Gasteiger partial charge in [0, 0.05) is 12.0 Å². The number of nitrogens with two attached hydrogens (primary N) is 1. The van der Waals surface area contributed by atoms with Crippen LogP contribution < -0.4 is 16.0 Å². The summed E-state index contributed by atoms with van der Waals surface area (Å²) < 4.78 is 22.4. The Balaban J connectivity index is 1.85. The fourth-order valence-corrected chi connectivity index (χ4v) is 4.21. The maximum atomic E-state index is 11.2. The summed E-state index contributed by atoms with van der Waals surface area (Å²) in [7, 11) is -3.65. The number of allylic oxidation sites excluding steroid dienone is 1. The van der Waals surface area contributed by atoms with E-state index in [1.165, 1.54) is 28.3 Å². The SMILES string of the molecule is CC/C(=C(/c1ccc(/C=C/S(N)(=O)=O)cc1)c1ccc2c(c1)CNN2)c1ccccc1. The summed E-state index contributed by atoms with van der Waals surface area (Å²) in [6.45, 7) is 2.95. The number of hydrazine groups is 1. The molecule has 0 radical (unpaired) electrons. The van der Waals surface area contributed by atoms with Gasteiger partial charge in [-0.3, -0.25) is 0 Å². The van der Waals surface area contributed by atoms with Gasteiger partial charge in [0.2, 0.25) is 10.0 Å². The van der Waals surface area contributed by atoms with Crippen LogP contribution in [-0.4, -0.2) is 8.42 Å². The van der Waals surface area contributed by atoms with Crippen molar-refractivity contribution in [3.63, 3.8) is 0 Å². The molecule has 5 nitrogen and oxygen atoms in total. The molecule has 1 aliphatic rings. The molecule has 0 saturated heterocycles. The van der Waals surface area contributed by atoms with Gasteiger partial charge >= 0.3 is 0 Å². The summed E-state index contributed by atoms with van der Waals surface area (Å²) in [5.41, 5.74) is 15.3. The number of sulfonamides is 1. The van der Waals surface area contributed by atoms with Gasteiger partial charge in [-0.05, 0) is 63.6 Å². The molecule has 0 aliphatic carbocycles. The molecule has 4 rings (SSSR count). The molecule has 1 heterocycles. The standard InChI is InChI=1S/C25H25N3O2S/c1-2-23(19-6-4-3-5-7-19)25(21-12-13-24-22(16-21)17-27-28-24)20-10-8-18(9-11-20)14-15-31(26,29)30/h3-16,27-28H,2,17H2,1H3,(H2,26,29,30)/b15-14+,25-23+. The number of rotatable bonds is 6.